The Bertz CT molecular complexity index is 875. The summed E-state index contributed by atoms with van der Waals surface area (Å²) in [4.78, 5) is 12.4. The van der Waals surface area contributed by atoms with E-state index in [1.54, 1.807) is 37.4 Å². The Morgan fingerprint density at radius 2 is 1.92 bits per heavy atom. The smallest absolute Gasteiger partial charge is 0.273 e. The fourth-order valence-electron chi connectivity index (χ4n) is 2.36. The molecule has 0 saturated heterocycles. The Hall–Kier alpha value is -3.15. The third kappa shape index (κ3) is 3.12. The van der Waals surface area contributed by atoms with Crippen LogP contribution in [-0.2, 0) is 7.05 Å². The van der Waals surface area contributed by atoms with Crippen LogP contribution in [0.15, 0.2) is 54.6 Å². The molecule has 0 spiro atoms. The van der Waals surface area contributed by atoms with Crippen molar-refractivity contribution in [3.05, 3.63) is 66.1 Å². The van der Waals surface area contributed by atoms with Gasteiger partial charge in [0, 0.05) is 24.4 Å². The average molecular weight is 325 g/mol. The zero-order valence-electron chi connectivity index (χ0n) is 13.3. The van der Waals surface area contributed by atoms with Crippen LogP contribution in [-0.4, -0.2) is 22.8 Å². The maximum atomic E-state index is 14.2. The van der Waals surface area contributed by atoms with Crippen molar-refractivity contribution in [1.82, 2.24) is 9.78 Å². The Morgan fingerprint density at radius 3 is 2.58 bits per heavy atom. The molecule has 1 N–H and O–H groups in total. The third-order valence-electron chi connectivity index (χ3n) is 3.60. The van der Waals surface area contributed by atoms with Crippen molar-refractivity contribution >= 4 is 11.6 Å². The second-order valence-corrected chi connectivity index (χ2v) is 5.20. The Morgan fingerprint density at radius 1 is 1.17 bits per heavy atom. The zero-order valence-corrected chi connectivity index (χ0v) is 13.3. The monoisotopic (exact) mass is 325 g/mol. The standard InChI is InChI=1S/C18H16FN3O2/c1-22-17(18(23)20-12-6-4-3-5-7-12)11-16(21-22)14-9-8-13(24-2)10-15(14)19/h3-11H,1-2H3,(H,20,23). The molecule has 3 rings (SSSR count). The molecule has 0 radical (unpaired) electrons. The molecule has 0 bridgehead atoms. The average Bonchev–Trinajstić information content (AvgIpc) is 2.97. The Balaban J connectivity index is 1.89. The van der Waals surface area contributed by atoms with Gasteiger partial charge in [0.25, 0.3) is 5.91 Å². The van der Waals surface area contributed by atoms with Crippen LogP contribution >= 0.6 is 0 Å². The van der Waals surface area contributed by atoms with Gasteiger partial charge in [0.2, 0.25) is 0 Å². The zero-order chi connectivity index (χ0) is 17.1. The van der Waals surface area contributed by atoms with E-state index in [0.717, 1.165) is 0 Å². The molecule has 122 valence electrons. The number of halogens is 1. The predicted molar refractivity (Wildman–Crippen MR) is 89.5 cm³/mol. The number of methoxy groups -OCH3 is 1. The molecule has 0 saturated carbocycles. The Kier molecular flexibility index (Phi) is 4.29. The highest BCUT2D eigenvalue weighted by Crippen LogP contribution is 2.26. The number of hydrogen-bond acceptors (Lipinski definition) is 3. The van der Waals surface area contributed by atoms with Crippen molar-refractivity contribution < 1.29 is 13.9 Å². The lowest BCUT2D eigenvalue weighted by Gasteiger charge is -2.04. The maximum Gasteiger partial charge on any atom is 0.273 e. The van der Waals surface area contributed by atoms with Crippen molar-refractivity contribution in [3.63, 3.8) is 0 Å². The Labute approximate surface area is 138 Å². The molecular weight excluding hydrogens is 309 g/mol. The lowest BCUT2D eigenvalue weighted by molar-refractivity contribution is 0.101. The number of para-hydroxylation sites is 1. The number of carbonyl (C=O) groups excluding carboxylic acids is 1. The molecule has 0 fully saturated rings. The van der Waals surface area contributed by atoms with Crippen LogP contribution in [0.3, 0.4) is 0 Å². The van der Waals surface area contributed by atoms with Gasteiger partial charge in [-0.1, -0.05) is 18.2 Å². The van der Waals surface area contributed by atoms with E-state index < -0.39 is 5.82 Å². The van der Waals surface area contributed by atoms with Gasteiger partial charge in [-0.25, -0.2) is 4.39 Å². The molecule has 6 heteroatoms. The minimum Gasteiger partial charge on any atom is -0.497 e. The first-order valence-corrected chi connectivity index (χ1v) is 7.33. The van der Waals surface area contributed by atoms with Gasteiger partial charge in [-0.05, 0) is 30.3 Å². The van der Waals surface area contributed by atoms with E-state index in [1.165, 1.54) is 17.9 Å². The fraction of sp³-hybridized carbons (Fsp3) is 0.111. The summed E-state index contributed by atoms with van der Waals surface area (Å²) in [6.07, 6.45) is 0. The molecule has 0 aliphatic rings. The van der Waals surface area contributed by atoms with Crippen LogP contribution in [0.25, 0.3) is 11.3 Å². The van der Waals surface area contributed by atoms with Crippen molar-refractivity contribution in [1.29, 1.82) is 0 Å². The highest BCUT2D eigenvalue weighted by Gasteiger charge is 2.17. The molecule has 0 aliphatic heterocycles. The number of aryl methyl sites for hydroxylation is 1. The lowest BCUT2D eigenvalue weighted by atomic mass is 10.1. The number of nitrogens with zero attached hydrogens (tertiary/aromatic N) is 2. The summed E-state index contributed by atoms with van der Waals surface area (Å²) in [7, 11) is 3.12. The van der Waals surface area contributed by atoms with E-state index in [2.05, 4.69) is 10.4 Å². The molecular formula is C18H16FN3O2. The second kappa shape index (κ2) is 6.54. The highest BCUT2D eigenvalue weighted by molar-refractivity contribution is 6.03. The predicted octanol–water partition coefficient (Wildman–Crippen LogP) is 3.49. The van der Waals surface area contributed by atoms with Crippen LogP contribution in [0.5, 0.6) is 5.75 Å². The van der Waals surface area contributed by atoms with Gasteiger partial charge in [0.15, 0.2) is 0 Å². The van der Waals surface area contributed by atoms with E-state index in [1.807, 2.05) is 18.2 Å². The van der Waals surface area contributed by atoms with Gasteiger partial charge in [-0.2, -0.15) is 5.10 Å². The number of nitrogens with one attached hydrogen (secondary N) is 1. The third-order valence-corrected chi connectivity index (χ3v) is 3.60. The summed E-state index contributed by atoms with van der Waals surface area (Å²) in [5.74, 6) is -0.340. The van der Waals surface area contributed by atoms with Crippen LogP contribution in [0.4, 0.5) is 10.1 Å². The summed E-state index contributed by atoms with van der Waals surface area (Å²) in [6, 6.07) is 15.2. The molecule has 24 heavy (non-hydrogen) atoms. The number of anilines is 1. The summed E-state index contributed by atoms with van der Waals surface area (Å²) < 4.78 is 20.6. The van der Waals surface area contributed by atoms with Gasteiger partial charge >= 0.3 is 0 Å². The topological polar surface area (TPSA) is 56.1 Å². The van der Waals surface area contributed by atoms with Gasteiger partial charge in [-0.15, -0.1) is 0 Å². The van der Waals surface area contributed by atoms with Gasteiger partial charge < -0.3 is 10.1 Å². The van der Waals surface area contributed by atoms with E-state index in [0.29, 0.717) is 28.4 Å². The van der Waals surface area contributed by atoms with Crippen LogP contribution < -0.4 is 10.1 Å². The van der Waals surface area contributed by atoms with Gasteiger partial charge in [-0.3, -0.25) is 9.48 Å². The summed E-state index contributed by atoms with van der Waals surface area (Å²) >= 11 is 0. The summed E-state index contributed by atoms with van der Waals surface area (Å²) in [6.45, 7) is 0. The normalized spacial score (nSPS) is 10.5. The van der Waals surface area contributed by atoms with E-state index in [9.17, 15) is 9.18 Å². The molecule has 0 unspecified atom stereocenters. The minimum absolute atomic E-state index is 0.309. The number of benzene rings is 2. The maximum absolute atomic E-state index is 14.2. The molecule has 1 aromatic heterocycles. The largest absolute Gasteiger partial charge is 0.497 e. The summed E-state index contributed by atoms with van der Waals surface area (Å²) in [5.41, 5.74) is 1.71. The van der Waals surface area contributed by atoms with Crippen LogP contribution in [0.1, 0.15) is 10.5 Å². The number of ether oxygens (including phenoxy) is 1. The van der Waals surface area contributed by atoms with Crippen molar-refractivity contribution in [3.8, 4) is 17.0 Å². The molecule has 2 aromatic carbocycles. The van der Waals surface area contributed by atoms with E-state index in [-0.39, 0.29) is 5.91 Å². The van der Waals surface area contributed by atoms with Gasteiger partial charge in [0.05, 0.1) is 12.8 Å². The van der Waals surface area contributed by atoms with Crippen molar-refractivity contribution in [2.24, 2.45) is 7.05 Å². The minimum atomic E-state index is -0.456. The number of amides is 1. The van der Waals surface area contributed by atoms with Crippen molar-refractivity contribution in [2.45, 2.75) is 0 Å². The van der Waals surface area contributed by atoms with E-state index in [4.69, 9.17) is 4.74 Å². The fourth-order valence-corrected chi connectivity index (χ4v) is 2.36. The number of hydrogen-bond donors (Lipinski definition) is 1. The number of carbonyl (C=O) groups is 1. The molecule has 0 atom stereocenters. The lowest BCUT2D eigenvalue weighted by Crippen LogP contribution is -2.15. The van der Waals surface area contributed by atoms with Crippen molar-refractivity contribution in [2.75, 3.05) is 12.4 Å². The highest BCUT2D eigenvalue weighted by atomic mass is 19.1. The first-order chi connectivity index (χ1) is 11.6. The van der Waals surface area contributed by atoms with Crippen LogP contribution in [0.2, 0.25) is 0 Å². The second-order valence-electron chi connectivity index (χ2n) is 5.20. The first kappa shape index (κ1) is 15.7. The molecule has 1 amide bonds. The molecule has 0 aliphatic carbocycles. The quantitative estimate of drug-likeness (QED) is 0.799. The van der Waals surface area contributed by atoms with E-state index >= 15 is 0 Å². The number of rotatable bonds is 4. The summed E-state index contributed by atoms with van der Waals surface area (Å²) in [5, 5.41) is 7.02. The SMILES string of the molecule is COc1ccc(-c2cc(C(=O)Nc3ccccc3)n(C)n2)c(F)c1. The molecule has 3 aromatic rings. The van der Waals surface area contributed by atoms with Gasteiger partial charge in [0.1, 0.15) is 17.3 Å². The number of aromatic nitrogens is 2. The molecule has 5 nitrogen and oxygen atoms in total. The van der Waals surface area contributed by atoms with Crippen LogP contribution in [0, 0.1) is 5.82 Å². The molecule has 1 heterocycles. The first-order valence-electron chi connectivity index (χ1n) is 7.33.